The zero-order chi connectivity index (χ0) is 13.2. The second-order valence-electron chi connectivity index (χ2n) is 3.85. The summed E-state index contributed by atoms with van der Waals surface area (Å²) < 4.78 is 1.61. The smallest absolute Gasteiger partial charge is 0.254 e. The van der Waals surface area contributed by atoms with Crippen LogP contribution < -0.4 is 5.73 Å². The Labute approximate surface area is 108 Å². The van der Waals surface area contributed by atoms with Gasteiger partial charge in [0.05, 0.1) is 11.2 Å². The summed E-state index contributed by atoms with van der Waals surface area (Å²) in [5.41, 5.74) is 7.53. The van der Waals surface area contributed by atoms with Crippen LogP contribution in [-0.2, 0) is 0 Å². The highest BCUT2D eigenvalue weighted by molar-refractivity contribution is 5.96. The van der Waals surface area contributed by atoms with Gasteiger partial charge in [0.1, 0.15) is 5.52 Å². The Hall–Kier alpha value is -2.96. The minimum atomic E-state index is -0.0123. The van der Waals surface area contributed by atoms with Gasteiger partial charge < -0.3 is 10.9 Å². The Morgan fingerprint density at radius 2 is 1.89 bits per heavy atom. The van der Waals surface area contributed by atoms with Gasteiger partial charge in [-0.15, -0.1) is 10.2 Å². The Morgan fingerprint density at radius 3 is 2.68 bits per heavy atom. The Kier molecular flexibility index (Phi) is 2.57. The van der Waals surface area contributed by atoms with E-state index < -0.39 is 0 Å². The summed E-state index contributed by atoms with van der Waals surface area (Å²) in [5, 5.41) is 19.8. The van der Waals surface area contributed by atoms with Crippen LogP contribution in [-0.4, -0.2) is 30.8 Å². The Morgan fingerprint density at radius 1 is 1.11 bits per heavy atom. The van der Waals surface area contributed by atoms with Crippen LogP contribution in [0.25, 0.3) is 17.0 Å². The molecule has 0 bridgehead atoms. The lowest BCUT2D eigenvalue weighted by Gasteiger charge is -2.06. The minimum Gasteiger partial charge on any atom is -0.409 e. The number of para-hydroxylation sites is 1. The summed E-state index contributed by atoms with van der Waals surface area (Å²) in [5.74, 6) is 0.354. The minimum absolute atomic E-state index is 0.0123. The summed E-state index contributed by atoms with van der Waals surface area (Å²) >= 11 is 0. The number of rotatable bonds is 2. The number of oxime groups is 1. The van der Waals surface area contributed by atoms with Crippen LogP contribution >= 0.6 is 0 Å². The summed E-state index contributed by atoms with van der Waals surface area (Å²) in [7, 11) is 0. The average molecular weight is 254 g/mol. The maximum atomic E-state index is 8.74. The summed E-state index contributed by atoms with van der Waals surface area (Å²) in [6, 6.07) is 10.9. The van der Waals surface area contributed by atoms with Crippen molar-refractivity contribution < 1.29 is 5.21 Å². The molecule has 0 saturated carbocycles. The fraction of sp³-hybridized carbons (Fsp3) is 0. The summed E-state index contributed by atoms with van der Waals surface area (Å²) in [6.45, 7) is 0. The zero-order valence-corrected chi connectivity index (χ0v) is 9.80. The molecule has 2 heterocycles. The zero-order valence-electron chi connectivity index (χ0n) is 9.80. The van der Waals surface area contributed by atoms with Crippen LogP contribution in [0.1, 0.15) is 5.69 Å². The molecule has 0 aliphatic carbocycles. The third-order valence-electron chi connectivity index (χ3n) is 2.68. The van der Waals surface area contributed by atoms with Crippen molar-refractivity contribution in [2.45, 2.75) is 0 Å². The summed E-state index contributed by atoms with van der Waals surface area (Å²) in [6.07, 6.45) is 1.72. The molecule has 0 radical (unpaired) electrons. The molecule has 2 aromatic heterocycles. The number of aromatic nitrogens is 4. The quantitative estimate of drug-likeness (QED) is 0.306. The maximum absolute atomic E-state index is 8.74. The van der Waals surface area contributed by atoms with Gasteiger partial charge >= 0.3 is 0 Å². The van der Waals surface area contributed by atoms with Gasteiger partial charge in [-0.1, -0.05) is 17.3 Å². The predicted molar refractivity (Wildman–Crippen MR) is 69.2 cm³/mol. The van der Waals surface area contributed by atoms with Crippen LogP contribution in [0.15, 0.2) is 47.8 Å². The molecule has 3 aromatic rings. The first kappa shape index (κ1) is 11.1. The average Bonchev–Trinajstić information content (AvgIpc) is 2.95. The first-order valence-corrected chi connectivity index (χ1v) is 5.54. The number of nitrogens with zero attached hydrogens (tertiary/aromatic N) is 5. The molecule has 0 spiro atoms. The largest absolute Gasteiger partial charge is 0.409 e. The van der Waals surface area contributed by atoms with Crippen molar-refractivity contribution >= 4 is 16.9 Å². The van der Waals surface area contributed by atoms with Gasteiger partial charge in [0.25, 0.3) is 5.95 Å². The molecule has 7 heteroatoms. The number of hydrogen-bond donors (Lipinski definition) is 2. The van der Waals surface area contributed by atoms with Gasteiger partial charge in [-0.25, -0.2) is 4.98 Å². The maximum Gasteiger partial charge on any atom is 0.254 e. The van der Waals surface area contributed by atoms with E-state index in [9.17, 15) is 0 Å². The van der Waals surface area contributed by atoms with Gasteiger partial charge in [-0.05, 0) is 24.3 Å². The molecular weight excluding hydrogens is 244 g/mol. The standard InChI is InChI=1S/C12H10N6O/c13-11(17-19)10-6-3-7-18(10)12-14-8-4-1-2-5-9(8)15-16-12/h1-7,19H,(H2,13,17). The van der Waals surface area contributed by atoms with E-state index in [1.165, 1.54) is 0 Å². The molecule has 0 amide bonds. The molecule has 19 heavy (non-hydrogen) atoms. The van der Waals surface area contributed by atoms with E-state index in [2.05, 4.69) is 20.3 Å². The van der Waals surface area contributed by atoms with Crippen LogP contribution in [0.3, 0.4) is 0 Å². The van der Waals surface area contributed by atoms with E-state index in [4.69, 9.17) is 10.9 Å². The second kappa shape index (κ2) is 4.37. The van der Waals surface area contributed by atoms with Crippen molar-refractivity contribution in [2.24, 2.45) is 10.9 Å². The molecule has 0 unspecified atom stereocenters. The third kappa shape index (κ3) is 1.86. The fourth-order valence-electron chi connectivity index (χ4n) is 1.79. The molecular formula is C12H10N6O. The Bertz CT molecular complexity index is 764. The van der Waals surface area contributed by atoms with Gasteiger partial charge in [0, 0.05) is 6.20 Å². The van der Waals surface area contributed by atoms with E-state index in [1.807, 2.05) is 24.3 Å². The molecule has 1 aromatic carbocycles. The van der Waals surface area contributed by atoms with E-state index in [1.54, 1.807) is 22.9 Å². The highest BCUT2D eigenvalue weighted by atomic mass is 16.4. The van der Waals surface area contributed by atoms with Crippen molar-refractivity contribution in [3.05, 3.63) is 48.3 Å². The van der Waals surface area contributed by atoms with Crippen LogP contribution in [0.2, 0.25) is 0 Å². The van der Waals surface area contributed by atoms with Crippen LogP contribution in [0.5, 0.6) is 0 Å². The fourth-order valence-corrected chi connectivity index (χ4v) is 1.79. The number of hydrogen-bond acceptors (Lipinski definition) is 5. The van der Waals surface area contributed by atoms with E-state index in [-0.39, 0.29) is 5.84 Å². The number of amidine groups is 1. The number of fused-ring (bicyclic) bond motifs is 1. The van der Waals surface area contributed by atoms with E-state index in [0.717, 1.165) is 5.52 Å². The first-order chi connectivity index (χ1) is 9.29. The van der Waals surface area contributed by atoms with Gasteiger partial charge in [0.15, 0.2) is 5.84 Å². The van der Waals surface area contributed by atoms with Crippen molar-refractivity contribution in [3.8, 4) is 5.95 Å². The molecule has 0 fully saturated rings. The van der Waals surface area contributed by atoms with Crippen LogP contribution in [0.4, 0.5) is 0 Å². The normalized spacial score (nSPS) is 11.9. The lowest BCUT2D eigenvalue weighted by molar-refractivity contribution is 0.318. The van der Waals surface area contributed by atoms with Crippen molar-refractivity contribution in [1.29, 1.82) is 0 Å². The second-order valence-corrected chi connectivity index (χ2v) is 3.85. The van der Waals surface area contributed by atoms with E-state index in [0.29, 0.717) is 17.2 Å². The monoisotopic (exact) mass is 254 g/mol. The summed E-state index contributed by atoms with van der Waals surface area (Å²) in [4.78, 5) is 4.39. The van der Waals surface area contributed by atoms with Crippen molar-refractivity contribution in [1.82, 2.24) is 19.7 Å². The molecule has 94 valence electrons. The van der Waals surface area contributed by atoms with E-state index >= 15 is 0 Å². The Balaban J connectivity index is 2.17. The first-order valence-electron chi connectivity index (χ1n) is 5.54. The highest BCUT2D eigenvalue weighted by Crippen LogP contribution is 2.12. The SMILES string of the molecule is N/C(=N/O)c1cccn1-c1nnc2ccccc2n1. The molecule has 7 nitrogen and oxygen atoms in total. The van der Waals surface area contributed by atoms with Crippen molar-refractivity contribution in [3.63, 3.8) is 0 Å². The third-order valence-corrected chi connectivity index (χ3v) is 2.68. The van der Waals surface area contributed by atoms with Gasteiger partial charge in [0.2, 0.25) is 0 Å². The van der Waals surface area contributed by atoms with Crippen molar-refractivity contribution in [2.75, 3.05) is 0 Å². The molecule has 3 rings (SSSR count). The lowest BCUT2D eigenvalue weighted by atomic mass is 10.3. The molecule has 0 aliphatic heterocycles. The lowest BCUT2D eigenvalue weighted by Crippen LogP contribution is -2.18. The molecule has 0 saturated heterocycles. The molecule has 0 atom stereocenters. The van der Waals surface area contributed by atoms with Gasteiger partial charge in [-0.2, -0.15) is 0 Å². The van der Waals surface area contributed by atoms with Crippen LogP contribution in [0, 0.1) is 0 Å². The number of benzene rings is 1. The molecule has 0 aliphatic rings. The predicted octanol–water partition coefficient (Wildman–Crippen LogP) is 0.910. The molecule has 3 N–H and O–H groups in total. The topological polar surface area (TPSA) is 102 Å². The highest BCUT2D eigenvalue weighted by Gasteiger charge is 2.10. The number of nitrogens with two attached hydrogens (primary N) is 1. The van der Waals surface area contributed by atoms with Gasteiger partial charge in [-0.3, -0.25) is 4.57 Å².